The van der Waals surface area contributed by atoms with E-state index in [2.05, 4.69) is 15.1 Å². The minimum Gasteiger partial charge on any atom is -0.493 e. The zero-order chi connectivity index (χ0) is 24.1. The first-order valence-electron chi connectivity index (χ1n) is 10.5. The number of methoxy groups -OCH3 is 2. The molecule has 0 spiro atoms. The summed E-state index contributed by atoms with van der Waals surface area (Å²) >= 11 is 12.4. The molecule has 0 aliphatic rings. The molecule has 0 aliphatic carbocycles. The summed E-state index contributed by atoms with van der Waals surface area (Å²) in [6.45, 7) is 0.579. The van der Waals surface area contributed by atoms with Gasteiger partial charge in [-0.15, -0.1) is 0 Å². The molecule has 0 atom stereocenters. The van der Waals surface area contributed by atoms with Crippen LogP contribution in [0.5, 0.6) is 11.5 Å². The zero-order valence-electron chi connectivity index (χ0n) is 18.7. The lowest BCUT2D eigenvalue weighted by molar-refractivity contribution is -0.120. The number of halogens is 2. The lowest BCUT2D eigenvalue weighted by Gasteiger charge is -2.09. The van der Waals surface area contributed by atoms with Gasteiger partial charge < -0.3 is 14.0 Å². The third-order valence-electron chi connectivity index (χ3n) is 5.38. The van der Waals surface area contributed by atoms with E-state index in [9.17, 15) is 4.79 Å². The minimum absolute atomic E-state index is 0.161. The van der Waals surface area contributed by atoms with E-state index < -0.39 is 0 Å². The topological polar surface area (TPSA) is 64.8 Å². The number of hydrogen-bond donors (Lipinski definition) is 1. The van der Waals surface area contributed by atoms with Crippen molar-refractivity contribution in [2.45, 2.75) is 13.0 Å². The van der Waals surface area contributed by atoms with Crippen LogP contribution in [0, 0.1) is 0 Å². The van der Waals surface area contributed by atoms with E-state index >= 15 is 0 Å². The third-order valence-corrected chi connectivity index (χ3v) is 5.97. The molecule has 34 heavy (non-hydrogen) atoms. The normalized spacial score (nSPS) is 11.2. The number of hydrazone groups is 1. The van der Waals surface area contributed by atoms with Crippen LogP contribution in [0.3, 0.4) is 0 Å². The standard InChI is InChI=1S/C26H23Cl2N3O3/c1-33-24-10-7-17(11-25(24)34-2)12-26(32)30-29-14-19-16-31(23-6-4-3-5-21(19)23)15-18-8-9-20(27)13-22(18)28/h3-11,13-14,16H,12,15H2,1-2H3,(H,30,32)/b29-14-. The van der Waals surface area contributed by atoms with Crippen LogP contribution < -0.4 is 14.9 Å². The molecular formula is C26H23Cl2N3O3. The van der Waals surface area contributed by atoms with Crippen molar-refractivity contribution in [1.29, 1.82) is 0 Å². The number of fused-ring (bicyclic) bond motifs is 1. The molecule has 1 aromatic heterocycles. The van der Waals surface area contributed by atoms with Crippen molar-refractivity contribution in [1.82, 2.24) is 9.99 Å². The number of nitrogens with zero attached hydrogens (tertiary/aromatic N) is 2. The molecule has 0 radical (unpaired) electrons. The van der Waals surface area contributed by atoms with Gasteiger partial charge in [0.15, 0.2) is 11.5 Å². The van der Waals surface area contributed by atoms with Crippen molar-refractivity contribution in [3.05, 3.63) is 93.6 Å². The van der Waals surface area contributed by atoms with E-state index in [4.69, 9.17) is 32.7 Å². The number of nitrogens with one attached hydrogen (secondary N) is 1. The molecule has 1 N–H and O–H groups in total. The lowest BCUT2D eigenvalue weighted by Crippen LogP contribution is -2.19. The smallest absolute Gasteiger partial charge is 0.244 e. The largest absolute Gasteiger partial charge is 0.493 e. The molecule has 4 rings (SSSR count). The number of amides is 1. The molecule has 0 aliphatic heterocycles. The highest BCUT2D eigenvalue weighted by Crippen LogP contribution is 2.28. The summed E-state index contributed by atoms with van der Waals surface area (Å²) in [5.74, 6) is 0.950. The molecule has 3 aromatic carbocycles. The van der Waals surface area contributed by atoms with Crippen LogP contribution in [0.25, 0.3) is 10.9 Å². The van der Waals surface area contributed by atoms with Crippen LogP contribution in [-0.2, 0) is 17.8 Å². The molecular weight excluding hydrogens is 473 g/mol. The Hall–Kier alpha value is -3.48. The fourth-order valence-corrected chi connectivity index (χ4v) is 4.20. The highest BCUT2D eigenvalue weighted by Gasteiger charge is 2.10. The summed E-state index contributed by atoms with van der Waals surface area (Å²) in [6.07, 6.45) is 3.79. The van der Waals surface area contributed by atoms with E-state index in [0.717, 1.165) is 27.6 Å². The molecule has 0 unspecified atom stereocenters. The lowest BCUT2D eigenvalue weighted by atomic mass is 10.1. The average Bonchev–Trinajstić information content (AvgIpc) is 3.18. The number of carbonyl (C=O) groups is 1. The predicted molar refractivity (Wildman–Crippen MR) is 136 cm³/mol. The van der Waals surface area contributed by atoms with Gasteiger partial charge in [-0.25, -0.2) is 5.43 Å². The summed E-state index contributed by atoms with van der Waals surface area (Å²) in [7, 11) is 3.13. The van der Waals surface area contributed by atoms with Crippen molar-refractivity contribution in [2.75, 3.05) is 14.2 Å². The van der Waals surface area contributed by atoms with Gasteiger partial charge in [0, 0.05) is 39.3 Å². The van der Waals surface area contributed by atoms with Gasteiger partial charge >= 0.3 is 0 Å². The minimum atomic E-state index is -0.236. The first kappa shape index (κ1) is 23.7. The van der Waals surface area contributed by atoms with Crippen LogP contribution in [0.15, 0.2) is 72.0 Å². The van der Waals surface area contributed by atoms with Crippen LogP contribution in [0.1, 0.15) is 16.7 Å². The van der Waals surface area contributed by atoms with E-state index in [-0.39, 0.29) is 12.3 Å². The average molecular weight is 496 g/mol. The molecule has 4 aromatic rings. The molecule has 1 heterocycles. The Morgan fingerprint density at radius 3 is 2.59 bits per heavy atom. The Kier molecular flexibility index (Phi) is 7.40. The fourth-order valence-electron chi connectivity index (χ4n) is 3.73. The zero-order valence-corrected chi connectivity index (χ0v) is 20.2. The number of aromatic nitrogens is 1. The maximum absolute atomic E-state index is 12.4. The highest BCUT2D eigenvalue weighted by atomic mass is 35.5. The molecule has 0 saturated carbocycles. The molecule has 1 amide bonds. The van der Waals surface area contributed by atoms with Crippen molar-refractivity contribution in [3.8, 4) is 11.5 Å². The van der Waals surface area contributed by atoms with Gasteiger partial charge in [0.05, 0.1) is 26.9 Å². The Labute approximate surface area is 207 Å². The van der Waals surface area contributed by atoms with Crippen LogP contribution >= 0.6 is 23.2 Å². The monoisotopic (exact) mass is 495 g/mol. The van der Waals surface area contributed by atoms with Crippen molar-refractivity contribution in [3.63, 3.8) is 0 Å². The summed E-state index contributed by atoms with van der Waals surface area (Å²) in [5.41, 5.74) is 6.26. The number of benzene rings is 3. The predicted octanol–water partition coefficient (Wildman–Crippen LogP) is 5.71. The highest BCUT2D eigenvalue weighted by molar-refractivity contribution is 6.35. The van der Waals surface area contributed by atoms with Crippen molar-refractivity contribution in [2.24, 2.45) is 5.10 Å². The summed E-state index contributed by atoms with van der Waals surface area (Å²) in [5, 5.41) is 6.41. The second-order valence-electron chi connectivity index (χ2n) is 7.62. The third kappa shape index (κ3) is 5.35. The van der Waals surface area contributed by atoms with Gasteiger partial charge in [0.1, 0.15) is 0 Å². The van der Waals surface area contributed by atoms with Gasteiger partial charge in [-0.2, -0.15) is 5.10 Å². The molecule has 8 heteroatoms. The number of para-hydroxylation sites is 1. The van der Waals surface area contributed by atoms with E-state index in [1.165, 1.54) is 0 Å². The van der Waals surface area contributed by atoms with Crippen LogP contribution in [0.4, 0.5) is 0 Å². The number of ether oxygens (including phenoxy) is 2. The fraction of sp³-hybridized carbons (Fsp3) is 0.154. The SMILES string of the molecule is COc1ccc(CC(=O)N/N=C\c2cn(Cc3ccc(Cl)cc3Cl)c3ccccc23)cc1OC. The number of hydrogen-bond acceptors (Lipinski definition) is 4. The summed E-state index contributed by atoms with van der Waals surface area (Å²) < 4.78 is 12.6. The maximum atomic E-state index is 12.4. The molecule has 0 fully saturated rings. The second-order valence-corrected chi connectivity index (χ2v) is 8.47. The molecule has 6 nitrogen and oxygen atoms in total. The summed E-state index contributed by atoms with van der Waals surface area (Å²) in [6, 6.07) is 18.8. The number of carbonyl (C=O) groups excluding carboxylic acids is 1. The van der Waals surface area contributed by atoms with Crippen molar-refractivity contribution < 1.29 is 14.3 Å². The molecule has 174 valence electrons. The van der Waals surface area contributed by atoms with Crippen LogP contribution in [0.2, 0.25) is 10.0 Å². The van der Waals surface area contributed by atoms with Gasteiger partial charge in [-0.3, -0.25) is 4.79 Å². The van der Waals surface area contributed by atoms with Crippen LogP contribution in [-0.4, -0.2) is 30.9 Å². The van der Waals surface area contributed by atoms with Crippen molar-refractivity contribution >= 4 is 46.2 Å². The van der Waals surface area contributed by atoms with E-state index in [1.54, 1.807) is 38.6 Å². The Morgan fingerprint density at radius 1 is 1.03 bits per heavy atom. The molecule has 0 bridgehead atoms. The van der Waals surface area contributed by atoms with E-state index in [1.807, 2.05) is 48.7 Å². The maximum Gasteiger partial charge on any atom is 0.244 e. The quantitative estimate of drug-likeness (QED) is 0.251. The van der Waals surface area contributed by atoms with Gasteiger partial charge in [0.25, 0.3) is 0 Å². The first-order valence-corrected chi connectivity index (χ1v) is 11.3. The Morgan fingerprint density at radius 2 is 1.82 bits per heavy atom. The Bertz CT molecular complexity index is 1360. The van der Waals surface area contributed by atoms with E-state index in [0.29, 0.717) is 28.1 Å². The first-order chi connectivity index (χ1) is 16.5. The number of rotatable bonds is 8. The van der Waals surface area contributed by atoms with Gasteiger partial charge in [-0.05, 0) is 41.5 Å². The summed E-state index contributed by atoms with van der Waals surface area (Å²) in [4.78, 5) is 12.4. The second kappa shape index (κ2) is 10.6. The van der Waals surface area contributed by atoms with Gasteiger partial charge in [0.2, 0.25) is 5.91 Å². The van der Waals surface area contributed by atoms with Gasteiger partial charge in [-0.1, -0.05) is 53.5 Å². The molecule has 0 saturated heterocycles. The Balaban J connectivity index is 1.49.